The highest BCUT2D eigenvalue weighted by Crippen LogP contribution is 2.29. The summed E-state index contributed by atoms with van der Waals surface area (Å²) in [5, 5.41) is 0. The third kappa shape index (κ3) is 2.42. The van der Waals surface area contributed by atoms with Crippen LogP contribution < -0.4 is 9.47 Å². The number of ether oxygens (including phenoxy) is 3. The van der Waals surface area contributed by atoms with Crippen LogP contribution in [-0.4, -0.2) is 26.4 Å². The Morgan fingerprint density at radius 3 is 2.87 bits per heavy atom. The second-order valence-electron chi connectivity index (χ2n) is 3.76. The van der Waals surface area contributed by atoms with E-state index in [0.717, 1.165) is 24.5 Å². The normalized spacial score (nSPS) is 20.3. The van der Waals surface area contributed by atoms with Gasteiger partial charge in [0.2, 0.25) is 0 Å². The van der Waals surface area contributed by atoms with Crippen molar-refractivity contribution >= 4 is 0 Å². The van der Waals surface area contributed by atoms with Crippen molar-refractivity contribution in [1.29, 1.82) is 0 Å². The molecule has 0 N–H and O–H groups in total. The van der Waals surface area contributed by atoms with Crippen molar-refractivity contribution in [1.82, 2.24) is 0 Å². The quantitative estimate of drug-likeness (QED) is 0.762. The van der Waals surface area contributed by atoms with Gasteiger partial charge in [-0.25, -0.2) is 0 Å². The summed E-state index contributed by atoms with van der Waals surface area (Å²) < 4.78 is 16.3. The first-order valence-electron chi connectivity index (χ1n) is 5.18. The van der Waals surface area contributed by atoms with Gasteiger partial charge in [0, 0.05) is 6.42 Å². The average Bonchev–Trinajstić information content (AvgIpc) is 2.73. The molecule has 1 saturated heterocycles. The molecule has 0 amide bonds. The zero-order chi connectivity index (χ0) is 10.7. The van der Waals surface area contributed by atoms with Crippen molar-refractivity contribution in [3.05, 3.63) is 23.8 Å². The molecule has 1 unspecified atom stereocenters. The van der Waals surface area contributed by atoms with E-state index in [1.54, 1.807) is 7.11 Å². The molecule has 3 nitrogen and oxygen atoms in total. The molecule has 1 aromatic carbocycles. The van der Waals surface area contributed by atoms with Gasteiger partial charge in [0.05, 0.1) is 20.3 Å². The zero-order valence-corrected chi connectivity index (χ0v) is 9.16. The number of methoxy groups -OCH3 is 1. The van der Waals surface area contributed by atoms with Crippen molar-refractivity contribution < 1.29 is 14.2 Å². The SMILES string of the molecule is COc1cc(C)ccc1OC1CCOC1. The maximum absolute atomic E-state index is 5.80. The average molecular weight is 208 g/mol. The van der Waals surface area contributed by atoms with E-state index in [2.05, 4.69) is 0 Å². The smallest absolute Gasteiger partial charge is 0.161 e. The summed E-state index contributed by atoms with van der Waals surface area (Å²) in [6.45, 7) is 3.50. The molecule has 82 valence electrons. The first kappa shape index (κ1) is 10.3. The minimum Gasteiger partial charge on any atom is -0.493 e. The number of hydrogen-bond donors (Lipinski definition) is 0. The van der Waals surface area contributed by atoms with Crippen LogP contribution in [0.3, 0.4) is 0 Å². The Labute approximate surface area is 90.0 Å². The Balaban J connectivity index is 2.12. The minimum absolute atomic E-state index is 0.168. The first-order chi connectivity index (χ1) is 7.29. The fourth-order valence-corrected chi connectivity index (χ4v) is 1.66. The van der Waals surface area contributed by atoms with E-state index in [1.165, 1.54) is 5.56 Å². The molecule has 0 radical (unpaired) electrons. The van der Waals surface area contributed by atoms with Gasteiger partial charge < -0.3 is 14.2 Å². The Morgan fingerprint density at radius 2 is 2.20 bits per heavy atom. The molecule has 0 aliphatic carbocycles. The summed E-state index contributed by atoms with van der Waals surface area (Å²) >= 11 is 0. The summed E-state index contributed by atoms with van der Waals surface area (Å²) in [5.74, 6) is 1.60. The fourth-order valence-electron chi connectivity index (χ4n) is 1.66. The van der Waals surface area contributed by atoms with Crippen LogP contribution in [0.15, 0.2) is 18.2 Å². The van der Waals surface area contributed by atoms with E-state index in [9.17, 15) is 0 Å². The van der Waals surface area contributed by atoms with Gasteiger partial charge in [-0.3, -0.25) is 0 Å². The first-order valence-corrected chi connectivity index (χ1v) is 5.18. The molecule has 1 atom stereocenters. The van der Waals surface area contributed by atoms with Crippen LogP contribution in [0.4, 0.5) is 0 Å². The molecule has 1 heterocycles. The van der Waals surface area contributed by atoms with E-state index in [-0.39, 0.29) is 6.10 Å². The Bertz CT molecular complexity index is 330. The van der Waals surface area contributed by atoms with E-state index >= 15 is 0 Å². The Hall–Kier alpha value is -1.22. The molecular weight excluding hydrogens is 192 g/mol. The second-order valence-corrected chi connectivity index (χ2v) is 3.76. The standard InChI is InChI=1S/C12H16O3/c1-9-3-4-11(12(7-9)13-2)15-10-5-6-14-8-10/h3-4,7,10H,5-6,8H2,1-2H3. The minimum atomic E-state index is 0.168. The van der Waals surface area contributed by atoms with Gasteiger partial charge in [-0.2, -0.15) is 0 Å². The van der Waals surface area contributed by atoms with Crippen LogP contribution in [0.5, 0.6) is 11.5 Å². The van der Waals surface area contributed by atoms with E-state index in [4.69, 9.17) is 14.2 Å². The molecular formula is C12H16O3. The highest BCUT2D eigenvalue weighted by atomic mass is 16.6. The van der Waals surface area contributed by atoms with Gasteiger partial charge in [0.1, 0.15) is 6.10 Å². The van der Waals surface area contributed by atoms with Gasteiger partial charge in [0.25, 0.3) is 0 Å². The summed E-state index contributed by atoms with van der Waals surface area (Å²) in [5.41, 5.74) is 1.17. The molecule has 1 fully saturated rings. The van der Waals surface area contributed by atoms with Gasteiger partial charge in [0.15, 0.2) is 11.5 Å². The van der Waals surface area contributed by atoms with E-state index < -0.39 is 0 Å². The van der Waals surface area contributed by atoms with Gasteiger partial charge in [-0.15, -0.1) is 0 Å². The highest BCUT2D eigenvalue weighted by molar-refractivity contribution is 5.42. The predicted octanol–water partition coefficient (Wildman–Crippen LogP) is 2.17. The molecule has 1 aromatic rings. The lowest BCUT2D eigenvalue weighted by Crippen LogP contribution is -2.16. The molecule has 0 saturated carbocycles. The lowest BCUT2D eigenvalue weighted by atomic mass is 10.2. The molecule has 0 spiro atoms. The molecule has 2 rings (SSSR count). The van der Waals surface area contributed by atoms with Crippen molar-refractivity contribution in [2.45, 2.75) is 19.4 Å². The highest BCUT2D eigenvalue weighted by Gasteiger charge is 2.18. The molecule has 15 heavy (non-hydrogen) atoms. The third-order valence-corrected chi connectivity index (χ3v) is 2.50. The third-order valence-electron chi connectivity index (χ3n) is 2.50. The van der Waals surface area contributed by atoms with Crippen molar-refractivity contribution in [3.63, 3.8) is 0 Å². The molecule has 1 aliphatic rings. The van der Waals surface area contributed by atoms with Crippen LogP contribution in [0, 0.1) is 6.92 Å². The molecule has 0 aromatic heterocycles. The summed E-state index contributed by atoms with van der Waals surface area (Å²) in [4.78, 5) is 0. The van der Waals surface area contributed by atoms with Gasteiger partial charge in [-0.1, -0.05) is 6.07 Å². The maximum atomic E-state index is 5.80. The summed E-state index contributed by atoms with van der Waals surface area (Å²) in [7, 11) is 1.66. The van der Waals surface area contributed by atoms with Crippen molar-refractivity contribution in [2.24, 2.45) is 0 Å². The zero-order valence-electron chi connectivity index (χ0n) is 9.16. The number of rotatable bonds is 3. The Kier molecular flexibility index (Phi) is 3.11. The lowest BCUT2D eigenvalue weighted by molar-refractivity contribution is 0.138. The van der Waals surface area contributed by atoms with Crippen LogP contribution >= 0.6 is 0 Å². The second kappa shape index (κ2) is 4.53. The number of hydrogen-bond acceptors (Lipinski definition) is 3. The Morgan fingerprint density at radius 1 is 1.33 bits per heavy atom. The summed E-state index contributed by atoms with van der Waals surface area (Å²) in [6.07, 6.45) is 1.12. The van der Waals surface area contributed by atoms with E-state index in [1.807, 2.05) is 25.1 Å². The summed E-state index contributed by atoms with van der Waals surface area (Å²) in [6, 6.07) is 5.95. The molecule has 0 bridgehead atoms. The topological polar surface area (TPSA) is 27.7 Å². The van der Waals surface area contributed by atoms with Crippen LogP contribution in [0.25, 0.3) is 0 Å². The maximum Gasteiger partial charge on any atom is 0.161 e. The van der Waals surface area contributed by atoms with Crippen LogP contribution in [0.2, 0.25) is 0 Å². The lowest BCUT2D eigenvalue weighted by Gasteiger charge is -2.15. The van der Waals surface area contributed by atoms with Crippen LogP contribution in [0.1, 0.15) is 12.0 Å². The van der Waals surface area contributed by atoms with Crippen LogP contribution in [-0.2, 0) is 4.74 Å². The monoisotopic (exact) mass is 208 g/mol. The fraction of sp³-hybridized carbons (Fsp3) is 0.500. The number of aryl methyl sites for hydroxylation is 1. The van der Waals surface area contributed by atoms with Crippen molar-refractivity contribution in [2.75, 3.05) is 20.3 Å². The largest absolute Gasteiger partial charge is 0.493 e. The van der Waals surface area contributed by atoms with E-state index in [0.29, 0.717) is 6.61 Å². The molecule has 3 heteroatoms. The van der Waals surface area contributed by atoms with Gasteiger partial charge in [-0.05, 0) is 24.6 Å². The number of benzene rings is 1. The predicted molar refractivity (Wildman–Crippen MR) is 57.6 cm³/mol. The molecule has 1 aliphatic heterocycles. The van der Waals surface area contributed by atoms with Gasteiger partial charge >= 0.3 is 0 Å². The van der Waals surface area contributed by atoms with Crippen molar-refractivity contribution in [3.8, 4) is 11.5 Å².